The van der Waals surface area contributed by atoms with E-state index in [4.69, 9.17) is 9.47 Å². The molecule has 1 aliphatic rings. The smallest absolute Gasteiger partial charge is 0.180 e. The third-order valence-corrected chi connectivity index (χ3v) is 5.21. The zero-order valence-corrected chi connectivity index (χ0v) is 17.9. The number of benzene rings is 2. The summed E-state index contributed by atoms with van der Waals surface area (Å²) in [6.45, 7) is 3.77. The number of aryl methyl sites for hydroxylation is 1. The molecule has 0 bridgehead atoms. The number of aromatic amines is 1. The normalized spacial score (nSPS) is 12.7. The Morgan fingerprint density at radius 2 is 1.87 bits per heavy atom. The largest absolute Gasteiger partial charge is 0.488 e. The standard InChI is InChI=1S/C23H21N5O2.ClH/c1-15-12-22(20-14-29-11-10-21(20)24-15)30-13-16-6-8-17(9-7-16)18-4-2-3-5-19(18)23-25-27-28-26-23;/h2-9,12H,10-11,13-14H2,1H3,(H,25,26,27,28);1H. The van der Waals surface area contributed by atoms with Crippen molar-refractivity contribution in [2.75, 3.05) is 6.61 Å². The van der Waals surface area contributed by atoms with Crippen LogP contribution in [0.2, 0.25) is 0 Å². The van der Waals surface area contributed by atoms with Gasteiger partial charge in [-0.25, -0.2) is 5.10 Å². The van der Waals surface area contributed by atoms with Crippen LogP contribution in [-0.2, 0) is 24.4 Å². The van der Waals surface area contributed by atoms with Crippen LogP contribution in [0.15, 0.2) is 54.6 Å². The maximum absolute atomic E-state index is 6.15. The Balaban J connectivity index is 0.00000231. The molecule has 3 heterocycles. The van der Waals surface area contributed by atoms with Crippen LogP contribution in [0.3, 0.4) is 0 Å². The fourth-order valence-electron chi connectivity index (χ4n) is 3.72. The van der Waals surface area contributed by atoms with Crippen molar-refractivity contribution in [3.05, 3.63) is 77.1 Å². The Kier molecular flexibility index (Phi) is 6.25. The number of H-pyrrole nitrogens is 1. The first-order chi connectivity index (χ1) is 14.8. The second-order valence-electron chi connectivity index (χ2n) is 7.27. The Morgan fingerprint density at radius 1 is 1.06 bits per heavy atom. The number of hydrogen-bond donors (Lipinski definition) is 1. The highest BCUT2D eigenvalue weighted by atomic mass is 35.5. The molecule has 7 nitrogen and oxygen atoms in total. The number of tetrazole rings is 1. The van der Waals surface area contributed by atoms with Gasteiger partial charge in [0, 0.05) is 29.3 Å². The zero-order valence-electron chi connectivity index (χ0n) is 17.0. The van der Waals surface area contributed by atoms with Crippen molar-refractivity contribution in [2.24, 2.45) is 0 Å². The number of nitrogens with one attached hydrogen (secondary N) is 1. The van der Waals surface area contributed by atoms with Gasteiger partial charge in [-0.3, -0.25) is 4.98 Å². The van der Waals surface area contributed by atoms with E-state index in [0.29, 0.717) is 19.0 Å². The van der Waals surface area contributed by atoms with Gasteiger partial charge in [-0.1, -0.05) is 48.5 Å². The van der Waals surface area contributed by atoms with E-state index in [-0.39, 0.29) is 12.4 Å². The van der Waals surface area contributed by atoms with Crippen molar-refractivity contribution in [1.82, 2.24) is 25.6 Å². The molecule has 0 spiro atoms. The Morgan fingerprint density at radius 3 is 2.65 bits per heavy atom. The third-order valence-electron chi connectivity index (χ3n) is 5.21. The predicted octanol–water partition coefficient (Wildman–Crippen LogP) is 4.31. The molecule has 8 heteroatoms. The molecule has 0 fully saturated rings. The molecule has 0 aliphatic carbocycles. The minimum absolute atomic E-state index is 0. The molecule has 0 radical (unpaired) electrons. The van der Waals surface area contributed by atoms with Gasteiger partial charge in [0.25, 0.3) is 0 Å². The highest BCUT2D eigenvalue weighted by Crippen LogP contribution is 2.31. The minimum atomic E-state index is 0. The Hall–Kier alpha value is -3.29. The number of nitrogens with zero attached hydrogens (tertiary/aromatic N) is 4. The van der Waals surface area contributed by atoms with E-state index in [0.717, 1.165) is 58.0 Å². The molecular weight excluding hydrogens is 414 g/mol. The van der Waals surface area contributed by atoms with Crippen molar-refractivity contribution in [3.63, 3.8) is 0 Å². The molecule has 4 aromatic rings. The number of ether oxygens (including phenoxy) is 2. The lowest BCUT2D eigenvalue weighted by atomic mass is 9.98. The first kappa shape index (κ1) is 21.0. The van der Waals surface area contributed by atoms with E-state index in [1.807, 2.05) is 31.2 Å². The second kappa shape index (κ2) is 9.24. The monoisotopic (exact) mass is 435 g/mol. The molecule has 31 heavy (non-hydrogen) atoms. The summed E-state index contributed by atoms with van der Waals surface area (Å²) < 4.78 is 11.7. The van der Waals surface area contributed by atoms with Gasteiger partial charge in [0.15, 0.2) is 5.82 Å². The highest BCUT2D eigenvalue weighted by Gasteiger charge is 2.17. The molecule has 2 aromatic heterocycles. The summed E-state index contributed by atoms with van der Waals surface area (Å²) in [6, 6.07) is 18.4. The second-order valence-corrected chi connectivity index (χ2v) is 7.27. The fourth-order valence-corrected chi connectivity index (χ4v) is 3.72. The molecule has 2 aromatic carbocycles. The zero-order chi connectivity index (χ0) is 20.3. The maximum Gasteiger partial charge on any atom is 0.180 e. The first-order valence-corrected chi connectivity index (χ1v) is 9.90. The van der Waals surface area contributed by atoms with Crippen molar-refractivity contribution in [3.8, 4) is 28.3 Å². The van der Waals surface area contributed by atoms with Crippen LogP contribution >= 0.6 is 12.4 Å². The minimum Gasteiger partial charge on any atom is -0.488 e. The summed E-state index contributed by atoms with van der Waals surface area (Å²) >= 11 is 0. The SMILES string of the molecule is Cc1cc(OCc2ccc(-c3ccccc3-c3nnn[nH]3)cc2)c2c(n1)CCOC2.Cl. The average molecular weight is 436 g/mol. The van der Waals surface area contributed by atoms with Gasteiger partial charge in [0.1, 0.15) is 12.4 Å². The van der Waals surface area contributed by atoms with Gasteiger partial charge in [0.05, 0.1) is 18.9 Å². The summed E-state index contributed by atoms with van der Waals surface area (Å²) in [4.78, 5) is 4.63. The van der Waals surface area contributed by atoms with Gasteiger partial charge < -0.3 is 9.47 Å². The van der Waals surface area contributed by atoms with Crippen LogP contribution in [0.1, 0.15) is 22.5 Å². The van der Waals surface area contributed by atoms with Crippen molar-refractivity contribution >= 4 is 12.4 Å². The van der Waals surface area contributed by atoms with Crippen molar-refractivity contribution in [2.45, 2.75) is 26.6 Å². The summed E-state index contributed by atoms with van der Waals surface area (Å²) in [5.74, 6) is 1.52. The van der Waals surface area contributed by atoms with E-state index in [1.54, 1.807) is 0 Å². The number of pyridine rings is 1. The Labute approximate surface area is 186 Å². The van der Waals surface area contributed by atoms with E-state index >= 15 is 0 Å². The molecular formula is C23H22ClN5O2. The number of fused-ring (bicyclic) bond motifs is 1. The quantitative estimate of drug-likeness (QED) is 0.502. The van der Waals surface area contributed by atoms with Gasteiger partial charge in [0.2, 0.25) is 0 Å². The van der Waals surface area contributed by atoms with Gasteiger partial charge in [-0.15, -0.1) is 17.5 Å². The van der Waals surface area contributed by atoms with Crippen LogP contribution in [0, 0.1) is 6.92 Å². The predicted molar refractivity (Wildman–Crippen MR) is 119 cm³/mol. The van der Waals surface area contributed by atoms with Gasteiger partial charge in [-0.2, -0.15) is 0 Å². The average Bonchev–Trinajstić information content (AvgIpc) is 3.33. The molecule has 1 N–H and O–H groups in total. The molecule has 158 valence electrons. The van der Waals surface area contributed by atoms with Crippen LogP contribution in [-0.4, -0.2) is 32.2 Å². The van der Waals surface area contributed by atoms with E-state index in [1.165, 1.54) is 0 Å². The lowest BCUT2D eigenvalue weighted by molar-refractivity contribution is 0.105. The topological polar surface area (TPSA) is 85.8 Å². The van der Waals surface area contributed by atoms with Crippen LogP contribution in [0.25, 0.3) is 22.5 Å². The van der Waals surface area contributed by atoms with E-state index in [9.17, 15) is 0 Å². The molecule has 5 rings (SSSR count). The van der Waals surface area contributed by atoms with E-state index < -0.39 is 0 Å². The summed E-state index contributed by atoms with van der Waals surface area (Å²) in [5, 5.41) is 14.3. The van der Waals surface area contributed by atoms with Crippen LogP contribution in [0.4, 0.5) is 0 Å². The van der Waals surface area contributed by atoms with Crippen LogP contribution < -0.4 is 4.74 Å². The third kappa shape index (κ3) is 4.42. The Bertz CT molecular complexity index is 1160. The first-order valence-electron chi connectivity index (χ1n) is 9.90. The fraction of sp³-hybridized carbons (Fsp3) is 0.217. The summed E-state index contributed by atoms with van der Waals surface area (Å²) in [5.41, 5.74) is 7.35. The van der Waals surface area contributed by atoms with Crippen molar-refractivity contribution < 1.29 is 9.47 Å². The molecule has 0 atom stereocenters. The highest BCUT2D eigenvalue weighted by molar-refractivity contribution is 5.85. The molecule has 0 saturated carbocycles. The number of hydrogen-bond acceptors (Lipinski definition) is 6. The van der Waals surface area contributed by atoms with Crippen molar-refractivity contribution in [1.29, 1.82) is 0 Å². The van der Waals surface area contributed by atoms with Gasteiger partial charge in [-0.05, 0) is 34.0 Å². The number of halogens is 1. The summed E-state index contributed by atoms with van der Waals surface area (Å²) in [7, 11) is 0. The maximum atomic E-state index is 6.15. The van der Waals surface area contributed by atoms with Crippen LogP contribution in [0.5, 0.6) is 5.75 Å². The van der Waals surface area contributed by atoms with Gasteiger partial charge >= 0.3 is 0 Å². The molecule has 0 amide bonds. The number of rotatable bonds is 5. The summed E-state index contributed by atoms with van der Waals surface area (Å²) in [6.07, 6.45) is 0.836. The molecule has 1 aliphatic heterocycles. The lowest BCUT2D eigenvalue weighted by Gasteiger charge is -2.20. The molecule has 0 unspecified atom stereocenters. The lowest BCUT2D eigenvalue weighted by Crippen LogP contribution is -2.14. The number of aromatic nitrogens is 5. The van der Waals surface area contributed by atoms with E-state index in [2.05, 4.69) is 55.9 Å². The molecule has 0 saturated heterocycles.